The van der Waals surface area contributed by atoms with E-state index in [-0.39, 0.29) is 12.1 Å². The highest BCUT2D eigenvalue weighted by Crippen LogP contribution is 2.33. The van der Waals surface area contributed by atoms with Crippen LogP contribution in [-0.2, 0) is 0 Å². The summed E-state index contributed by atoms with van der Waals surface area (Å²) >= 11 is 0. The minimum atomic E-state index is -0.211. The van der Waals surface area contributed by atoms with E-state index in [1.807, 2.05) is 56.3 Å². The zero-order chi connectivity index (χ0) is 16.9. The number of anilines is 3. The van der Waals surface area contributed by atoms with Gasteiger partial charge in [0.1, 0.15) is 13.2 Å². The number of carbonyl (C=O) groups is 1. The number of rotatable bonds is 4. The number of benzene rings is 2. The molecule has 0 bridgehead atoms. The monoisotopic (exact) mass is 327 g/mol. The first-order chi connectivity index (χ1) is 11.6. The normalized spacial score (nSPS) is 12.6. The number of nitrogens with one attached hydrogen (secondary N) is 3. The Morgan fingerprint density at radius 1 is 0.917 bits per heavy atom. The van der Waals surface area contributed by atoms with Gasteiger partial charge in [0.05, 0.1) is 0 Å². The molecule has 1 aliphatic heterocycles. The van der Waals surface area contributed by atoms with Gasteiger partial charge in [-0.25, -0.2) is 4.79 Å². The van der Waals surface area contributed by atoms with E-state index in [0.717, 1.165) is 28.6 Å². The van der Waals surface area contributed by atoms with Gasteiger partial charge in [-0.05, 0) is 50.2 Å². The Morgan fingerprint density at radius 2 is 1.54 bits per heavy atom. The van der Waals surface area contributed by atoms with Gasteiger partial charge in [0.2, 0.25) is 0 Å². The standard InChI is InChI=1S/C18H21N3O3/c1-12(2)19-18(22)21-14-5-3-13(4-6-14)20-15-7-8-16-17(11-15)24-10-9-23-16/h3-8,11-12,20H,9-10H2,1-2H3,(H2,19,21,22). The summed E-state index contributed by atoms with van der Waals surface area (Å²) in [4.78, 5) is 11.7. The van der Waals surface area contributed by atoms with Gasteiger partial charge in [-0.1, -0.05) is 0 Å². The second-order valence-electron chi connectivity index (χ2n) is 5.81. The van der Waals surface area contributed by atoms with E-state index in [9.17, 15) is 4.79 Å². The molecular weight excluding hydrogens is 306 g/mol. The Labute approximate surface area is 141 Å². The maximum atomic E-state index is 11.7. The lowest BCUT2D eigenvalue weighted by Crippen LogP contribution is -2.34. The molecule has 24 heavy (non-hydrogen) atoms. The zero-order valence-electron chi connectivity index (χ0n) is 13.8. The van der Waals surface area contributed by atoms with E-state index >= 15 is 0 Å². The maximum Gasteiger partial charge on any atom is 0.319 e. The van der Waals surface area contributed by atoms with E-state index in [4.69, 9.17) is 9.47 Å². The van der Waals surface area contributed by atoms with Crippen molar-refractivity contribution in [2.45, 2.75) is 19.9 Å². The van der Waals surface area contributed by atoms with E-state index in [1.165, 1.54) is 0 Å². The van der Waals surface area contributed by atoms with Crippen molar-refractivity contribution >= 4 is 23.1 Å². The molecule has 1 heterocycles. The Balaban J connectivity index is 1.63. The third kappa shape index (κ3) is 4.10. The fourth-order valence-electron chi connectivity index (χ4n) is 2.35. The van der Waals surface area contributed by atoms with E-state index in [2.05, 4.69) is 16.0 Å². The fraction of sp³-hybridized carbons (Fsp3) is 0.278. The molecule has 0 atom stereocenters. The molecule has 0 radical (unpaired) electrons. The van der Waals surface area contributed by atoms with Crippen LogP contribution in [0.5, 0.6) is 11.5 Å². The Bertz CT molecular complexity index is 714. The molecule has 1 aliphatic rings. The first-order valence-electron chi connectivity index (χ1n) is 7.94. The molecular formula is C18H21N3O3. The number of ether oxygens (including phenoxy) is 2. The number of urea groups is 1. The third-order valence-corrected chi connectivity index (χ3v) is 3.39. The Morgan fingerprint density at radius 3 is 2.25 bits per heavy atom. The van der Waals surface area contributed by atoms with Gasteiger partial charge in [0, 0.05) is 29.2 Å². The van der Waals surface area contributed by atoms with Crippen LogP contribution in [0.4, 0.5) is 21.9 Å². The van der Waals surface area contributed by atoms with Crippen molar-refractivity contribution in [2.24, 2.45) is 0 Å². The summed E-state index contributed by atoms with van der Waals surface area (Å²) in [6, 6.07) is 13.1. The number of fused-ring (bicyclic) bond motifs is 1. The Kier molecular flexibility index (Phi) is 4.74. The molecule has 126 valence electrons. The SMILES string of the molecule is CC(C)NC(=O)Nc1ccc(Nc2ccc3c(c2)OCCO3)cc1. The average molecular weight is 327 g/mol. The van der Waals surface area contributed by atoms with Crippen LogP contribution in [0.2, 0.25) is 0 Å². The third-order valence-electron chi connectivity index (χ3n) is 3.39. The van der Waals surface area contributed by atoms with Crippen molar-refractivity contribution in [1.82, 2.24) is 5.32 Å². The van der Waals surface area contributed by atoms with Crippen molar-refractivity contribution in [3.63, 3.8) is 0 Å². The molecule has 3 N–H and O–H groups in total. The number of hydrogen-bond donors (Lipinski definition) is 3. The molecule has 3 rings (SSSR count). The molecule has 0 aliphatic carbocycles. The van der Waals surface area contributed by atoms with Crippen molar-refractivity contribution in [2.75, 3.05) is 23.8 Å². The second-order valence-corrected chi connectivity index (χ2v) is 5.81. The molecule has 6 heteroatoms. The highest BCUT2D eigenvalue weighted by atomic mass is 16.6. The van der Waals surface area contributed by atoms with Crippen LogP contribution in [0, 0.1) is 0 Å². The topological polar surface area (TPSA) is 71.6 Å². The summed E-state index contributed by atoms with van der Waals surface area (Å²) in [5.41, 5.74) is 2.57. The molecule has 0 saturated heterocycles. The first-order valence-corrected chi connectivity index (χ1v) is 7.94. The molecule has 6 nitrogen and oxygen atoms in total. The van der Waals surface area contributed by atoms with E-state index in [0.29, 0.717) is 13.2 Å². The van der Waals surface area contributed by atoms with Crippen LogP contribution in [0.1, 0.15) is 13.8 Å². The summed E-state index contributed by atoms with van der Waals surface area (Å²) in [5, 5.41) is 8.88. The zero-order valence-corrected chi connectivity index (χ0v) is 13.8. The summed E-state index contributed by atoms with van der Waals surface area (Å²) in [5.74, 6) is 1.51. The van der Waals surface area contributed by atoms with Gasteiger partial charge in [0.25, 0.3) is 0 Å². The summed E-state index contributed by atoms with van der Waals surface area (Å²) in [6.07, 6.45) is 0. The predicted molar refractivity (Wildman–Crippen MR) is 94.4 cm³/mol. The molecule has 0 aromatic heterocycles. The molecule has 2 amide bonds. The highest BCUT2D eigenvalue weighted by Gasteiger charge is 2.11. The van der Waals surface area contributed by atoms with Gasteiger partial charge < -0.3 is 25.4 Å². The van der Waals surface area contributed by atoms with E-state index < -0.39 is 0 Å². The van der Waals surface area contributed by atoms with Gasteiger partial charge >= 0.3 is 6.03 Å². The fourth-order valence-corrected chi connectivity index (χ4v) is 2.35. The maximum absolute atomic E-state index is 11.7. The minimum Gasteiger partial charge on any atom is -0.486 e. The Hall–Kier alpha value is -2.89. The van der Waals surface area contributed by atoms with Crippen LogP contribution in [0.25, 0.3) is 0 Å². The molecule has 0 saturated carbocycles. The summed E-state index contributed by atoms with van der Waals surface area (Å²) in [6.45, 7) is 4.98. The molecule has 0 spiro atoms. The second kappa shape index (κ2) is 7.12. The smallest absolute Gasteiger partial charge is 0.319 e. The lowest BCUT2D eigenvalue weighted by molar-refractivity contribution is 0.171. The van der Waals surface area contributed by atoms with Crippen molar-refractivity contribution in [1.29, 1.82) is 0 Å². The van der Waals surface area contributed by atoms with Gasteiger partial charge in [-0.2, -0.15) is 0 Å². The van der Waals surface area contributed by atoms with Gasteiger partial charge in [-0.3, -0.25) is 0 Å². The van der Waals surface area contributed by atoms with Crippen molar-refractivity contribution < 1.29 is 14.3 Å². The van der Waals surface area contributed by atoms with Gasteiger partial charge in [-0.15, -0.1) is 0 Å². The number of amides is 2. The van der Waals surface area contributed by atoms with Crippen LogP contribution in [-0.4, -0.2) is 25.3 Å². The lowest BCUT2D eigenvalue weighted by atomic mass is 10.2. The minimum absolute atomic E-state index is 0.0983. The first kappa shape index (κ1) is 16.0. The van der Waals surface area contributed by atoms with Crippen LogP contribution in [0.15, 0.2) is 42.5 Å². The molecule has 2 aromatic carbocycles. The summed E-state index contributed by atoms with van der Waals surface area (Å²) in [7, 11) is 0. The van der Waals surface area contributed by atoms with Crippen molar-refractivity contribution in [3.05, 3.63) is 42.5 Å². The van der Waals surface area contributed by atoms with Gasteiger partial charge in [0.15, 0.2) is 11.5 Å². The average Bonchev–Trinajstić information content (AvgIpc) is 2.56. The lowest BCUT2D eigenvalue weighted by Gasteiger charge is -2.19. The molecule has 0 fully saturated rings. The van der Waals surface area contributed by atoms with E-state index in [1.54, 1.807) is 0 Å². The quantitative estimate of drug-likeness (QED) is 0.800. The largest absolute Gasteiger partial charge is 0.486 e. The number of hydrogen-bond acceptors (Lipinski definition) is 4. The predicted octanol–water partition coefficient (Wildman–Crippen LogP) is 3.73. The molecule has 0 unspecified atom stereocenters. The number of carbonyl (C=O) groups excluding carboxylic acids is 1. The summed E-state index contributed by atoms with van der Waals surface area (Å²) < 4.78 is 11.1. The van der Waals surface area contributed by atoms with Crippen LogP contribution >= 0.6 is 0 Å². The van der Waals surface area contributed by atoms with Crippen molar-refractivity contribution in [3.8, 4) is 11.5 Å². The highest BCUT2D eigenvalue weighted by molar-refractivity contribution is 5.89. The molecule has 2 aromatic rings. The van der Waals surface area contributed by atoms with Crippen LogP contribution in [0.3, 0.4) is 0 Å². The van der Waals surface area contributed by atoms with Crippen LogP contribution < -0.4 is 25.4 Å².